The predicted molar refractivity (Wildman–Crippen MR) is 83.7 cm³/mol. The summed E-state index contributed by atoms with van der Waals surface area (Å²) >= 11 is 0. The van der Waals surface area contributed by atoms with Crippen LogP contribution in [0.25, 0.3) is 0 Å². The largest absolute Gasteiger partial charge is 0.468 e. The summed E-state index contributed by atoms with van der Waals surface area (Å²) in [7, 11) is 0. The molecule has 0 aromatic carbocycles. The van der Waals surface area contributed by atoms with E-state index in [4.69, 9.17) is 4.42 Å². The van der Waals surface area contributed by atoms with Gasteiger partial charge in [-0.05, 0) is 38.4 Å². The fourth-order valence-corrected chi connectivity index (χ4v) is 3.16. The summed E-state index contributed by atoms with van der Waals surface area (Å²) in [5.74, 6) is 1.12. The Morgan fingerprint density at radius 2 is 2.05 bits per heavy atom. The van der Waals surface area contributed by atoms with Crippen molar-refractivity contribution in [3.05, 3.63) is 23.7 Å². The Bertz CT molecular complexity index is 369. The van der Waals surface area contributed by atoms with Crippen LogP contribution in [0, 0.1) is 0 Å². The van der Waals surface area contributed by atoms with E-state index in [1.807, 2.05) is 6.26 Å². The monoisotopic (exact) mass is 278 g/mol. The highest BCUT2D eigenvalue weighted by Gasteiger charge is 2.20. The Balaban J connectivity index is 1.84. The van der Waals surface area contributed by atoms with E-state index in [9.17, 15) is 0 Å². The number of nitrogens with one attached hydrogen (secondary N) is 1. The lowest BCUT2D eigenvalue weighted by Crippen LogP contribution is -2.35. The number of hydrogen-bond donors (Lipinski definition) is 1. The molecule has 3 nitrogen and oxygen atoms in total. The van der Waals surface area contributed by atoms with Gasteiger partial charge in [0.1, 0.15) is 5.76 Å². The van der Waals surface area contributed by atoms with Gasteiger partial charge in [0.15, 0.2) is 0 Å². The quantitative estimate of drug-likeness (QED) is 0.730. The van der Waals surface area contributed by atoms with Crippen molar-refractivity contribution in [1.82, 2.24) is 10.2 Å². The smallest absolute Gasteiger partial charge is 0.118 e. The SMILES string of the molecule is CCCNCc1coc(CN(CC)C2CCCCC2)c1. The maximum absolute atomic E-state index is 5.74. The van der Waals surface area contributed by atoms with Gasteiger partial charge >= 0.3 is 0 Å². The van der Waals surface area contributed by atoms with Crippen molar-refractivity contribution < 1.29 is 4.42 Å². The van der Waals surface area contributed by atoms with Gasteiger partial charge in [0, 0.05) is 18.2 Å². The topological polar surface area (TPSA) is 28.4 Å². The van der Waals surface area contributed by atoms with Crippen molar-refractivity contribution >= 4 is 0 Å². The highest BCUT2D eigenvalue weighted by molar-refractivity contribution is 5.12. The lowest BCUT2D eigenvalue weighted by atomic mass is 9.94. The fourth-order valence-electron chi connectivity index (χ4n) is 3.16. The van der Waals surface area contributed by atoms with Crippen molar-refractivity contribution in [2.45, 2.75) is 71.5 Å². The van der Waals surface area contributed by atoms with Gasteiger partial charge in [-0.25, -0.2) is 0 Å². The maximum Gasteiger partial charge on any atom is 0.118 e. The van der Waals surface area contributed by atoms with Crippen molar-refractivity contribution in [1.29, 1.82) is 0 Å². The fraction of sp³-hybridized carbons (Fsp3) is 0.765. The molecule has 2 rings (SSSR count). The Hall–Kier alpha value is -0.800. The van der Waals surface area contributed by atoms with Crippen LogP contribution >= 0.6 is 0 Å². The minimum atomic E-state index is 0.764. The first-order chi connectivity index (χ1) is 9.83. The normalized spacial score (nSPS) is 16.9. The van der Waals surface area contributed by atoms with E-state index < -0.39 is 0 Å². The molecule has 1 aliphatic carbocycles. The molecule has 1 saturated carbocycles. The molecule has 1 N–H and O–H groups in total. The molecule has 0 unspecified atom stereocenters. The number of rotatable bonds is 8. The summed E-state index contributed by atoms with van der Waals surface area (Å²) in [6.45, 7) is 8.54. The first kappa shape index (κ1) is 15.6. The lowest BCUT2D eigenvalue weighted by Gasteiger charge is -2.32. The number of furan rings is 1. The molecule has 3 heteroatoms. The molecule has 0 radical (unpaired) electrons. The van der Waals surface area contributed by atoms with Gasteiger partial charge in [0.25, 0.3) is 0 Å². The molecule has 1 aromatic rings. The van der Waals surface area contributed by atoms with Gasteiger partial charge in [-0.1, -0.05) is 33.1 Å². The Labute approximate surface area is 123 Å². The molecule has 0 spiro atoms. The van der Waals surface area contributed by atoms with Crippen molar-refractivity contribution in [2.24, 2.45) is 0 Å². The zero-order valence-corrected chi connectivity index (χ0v) is 13.2. The third-order valence-corrected chi connectivity index (χ3v) is 4.32. The van der Waals surface area contributed by atoms with Crippen LogP contribution in [0.3, 0.4) is 0 Å². The molecule has 1 fully saturated rings. The minimum Gasteiger partial charge on any atom is -0.468 e. The van der Waals surface area contributed by atoms with E-state index in [-0.39, 0.29) is 0 Å². The first-order valence-electron chi connectivity index (χ1n) is 8.34. The summed E-state index contributed by atoms with van der Waals surface area (Å²) < 4.78 is 5.74. The molecule has 0 saturated heterocycles. The van der Waals surface area contributed by atoms with Crippen LogP contribution in [-0.2, 0) is 13.1 Å². The van der Waals surface area contributed by atoms with Crippen LogP contribution in [0.1, 0.15) is 63.7 Å². The summed E-state index contributed by atoms with van der Waals surface area (Å²) in [5.41, 5.74) is 1.27. The van der Waals surface area contributed by atoms with Crippen LogP contribution in [0.2, 0.25) is 0 Å². The second-order valence-corrected chi connectivity index (χ2v) is 5.95. The van der Waals surface area contributed by atoms with Crippen molar-refractivity contribution in [3.63, 3.8) is 0 Å². The minimum absolute atomic E-state index is 0.764. The van der Waals surface area contributed by atoms with E-state index in [2.05, 4.69) is 30.1 Å². The highest BCUT2D eigenvalue weighted by Crippen LogP contribution is 2.24. The van der Waals surface area contributed by atoms with Crippen LogP contribution < -0.4 is 5.32 Å². The lowest BCUT2D eigenvalue weighted by molar-refractivity contribution is 0.145. The van der Waals surface area contributed by atoms with Crippen LogP contribution in [-0.4, -0.2) is 24.0 Å². The van der Waals surface area contributed by atoms with Gasteiger partial charge in [0.2, 0.25) is 0 Å². The molecular formula is C17H30N2O. The zero-order chi connectivity index (χ0) is 14.2. The summed E-state index contributed by atoms with van der Waals surface area (Å²) in [5, 5.41) is 3.42. The molecule has 1 aromatic heterocycles. The average Bonchev–Trinajstić information content (AvgIpc) is 2.93. The van der Waals surface area contributed by atoms with E-state index in [0.717, 1.165) is 38.0 Å². The van der Waals surface area contributed by atoms with Crippen LogP contribution in [0.15, 0.2) is 16.7 Å². The molecule has 20 heavy (non-hydrogen) atoms. The standard InChI is InChI=1S/C17H30N2O/c1-3-10-18-12-15-11-17(20-14-15)13-19(4-2)16-8-6-5-7-9-16/h11,14,16,18H,3-10,12-13H2,1-2H3. The van der Waals surface area contributed by atoms with Crippen molar-refractivity contribution in [3.8, 4) is 0 Å². The average molecular weight is 278 g/mol. The summed E-state index contributed by atoms with van der Waals surface area (Å²) in [4.78, 5) is 2.58. The van der Waals surface area contributed by atoms with E-state index >= 15 is 0 Å². The zero-order valence-electron chi connectivity index (χ0n) is 13.2. The van der Waals surface area contributed by atoms with E-state index in [1.54, 1.807) is 0 Å². The number of hydrogen-bond acceptors (Lipinski definition) is 3. The Morgan fingerprint density at radius 1 is 1.25 bits per heavy atom. The predicted octanol–water partition coefficient (Wildman–Crippen LogP) is 3.93. The molecule has 0 bridgehead atoms. The van der Waals surface area contributed by atoms with Crippen LogP contribution in [0.4, 0.5) is 0 Å². The molecule has 0 aliphatic heterocycles. The molecular weight excluding hydrogens is 248 g/mol. The second kappa shape index (κ2) is 8.48. The molecule has 1 heterocycles. The third-order valence-electron chi connectivity index (χ3n) is 4.32. The number of nitrogens with zero attached hydrogens (tertiary/aromatic N) is 1. The van der Waals surface area contributed by atoms with E-state index in [1.165, 1.54) is 44.1 Å². The van der Waals surface area contributed by atoms with Gasteiger partial charge in [-0.2, -0.15) is 0 Å². The first-order valence-corrected chi connectivity index (χ1v) is 8.34. The van der Waals surface area contributed by atoms with Gasteiger partial charge in [-0.3, -0.25) is 4.90 Å². The second-order valence-electron chi connectivity index (χ2n) is 5.95. The van der Waals surface area contributed by atoms with Gasteiger partial charge in [0.05, 0.1) is 12.8 Å². The summed E-state index contributed by atoms with van der Waals surface area (Å²) in [6, 6.07) is 2.98. The van der Waals surface area contributed by atoms with Crippen molar-refractivity contribution in [2.75, 3.05) is 13.1 Å². The molecule has 0 amide bonds. The summed E-state index contributed by atoms with van der Waals surface area (Å²) in [6.07, 6.45) is 10.0. The molecule has 0 atom stereocenters. The molecule has 114 valence electrons. The van der Waals surface area contributed by atoms with E-state index in [0.29, 0.717) is 0 Å². The molecule has 1 aliphatic rings. The van der Waals surface area contributed by atoms with Gasteiger partial charge < -0.3 is 9.73 Å². The third kappa shape index (κ3) is 4.64. The Kier molecular flexibility index (Phi) is 6.61. The van der Waals surface area contributed by atoms with Gasteiger partial charge in [-0.15, -0.1) is 0 Å². The Morgan fingerprint density at radius 3 is 2.75 bits per heavy atom. The highest BCUT2D eigenvalue weighted by atomic mass is 16.3. The van der Waals surface area contributed by atoms with Crippen LogP contribution in [0.5, 0.6) is 0 Å². The maximum atomic E-state index is 5.74.